The molecule has 0 aliphatic rings. The number of nitrogen functional groups attached to an aromatic ring is 1. The molecule has 18 heavy (non-hydrogen) atoms. The molecular weight excluding hydrogens is 292 g/mol. The van der Waals surface area contributed by atoms with Crippen LogP contribution < -0.4 is 5.73 Å². The molecule has 92 valence electrons. The molecule has 0 amide bonds. The third-order valence-corrected chi connectivity index (χ3v) is 3.18. The second-order valence-electron chi connectivity index (χ2n) is 4.28. The van der Waals surface area contributed by atoms with E-state index < -0.39 is 0 Å². The molecule has 0 atom stereocenters. The van der Waals surface area contributed by atoms with Gasteiger partial charge < -0.3 is 10.6 Å². The number of aromatic nitrogens is 2. The summed E-state index contributed by atoms with van der Waals surface area (Å²) in [5.41, 5.74) is 8.05. The molecule has 0 bridgehead atoms. The Labute approximate surface area is 114 Å². The van der Waals surface area contributed by atoms with Crippen LogP contribution in [0.2, 0.25) is 0 Å². The average Bonchev–Trinajstić information content (AvgIpc) is 2.67. The number of hydrogen-bond donors (Lipinski definition) is 1. The molecule has 0 spiro atoms. The summed E-state index contributed by atoms with van der Waals surface area (Å²) in [6, 6.07) is 7.62. The van der Waals surface area contributed by atoms with E-state index in [0.29, 0.717) is 11.5 Å². The van der Waals surface area contributed by atoms with Gasteiger partial charge in [-0.1, -0.05) is 41.4 Å². The van der Waals surface area contributed by atoms with E-state index in [9.17, 15) is 0 Å². The van der Waals surface area contributed by atoms with E-state index in [0.717, 1.165) is 15.9 Å². The van der Waals surface area contributed by atoms with Crippen LogP contribution in [-0.4, -0.2) is 9.78 Å². The molecule has 0 saturated carbocycles. The number of halogens is 1. The van der Waals surface area contributed by atoms with Gasteiger partial charge in [0, 0.05) is 10.4 Å². The normalized spacial score (nSPS) is 10.6. The SMILES string of the molecule is [C-]#[N+]c1c(N)c(C(C)C)nn1-c1ccc(Br)cc1. The van der Waals surface area contributed by atoms with E-state index in [1.807, 2.05) is 38.1 Å². The summed E-state index contributed by atoms with van der Waals surface area (Å²) in [6.45, 7) is 11.3. The van der Waals surface area contributed by atoms with Gasteiger partial charge in [0.1, 0.15) is 5.69 Å². The van der Waals surface area contributed by atoms with E-state index in [4.69, 9.17) is 12.3 Å². The number of nitrogens with zero attached hydrogens (tertiary/aromatic N) is 3. The Morgan fingerprint density at radius 2 is 1.94 bits per heavy atom. The minimum Gasteiger partial charge on any atom is -0.404 e. The number of anilines is 1. The Balaban J connectivity index is 2.61. The molecule has 0 radical (unpaired) electrons. The van der Waals surface area contributed by atoms with Crippen molar-refractivity contribution in [3.63, 3.8) is 0 Å². The molecule has 2 rings (SSSR count). The van der Waals surface area contributed by atoms with Gasteiger partial charge in [-0.25, -0.2) is 0 Å². The summed E-state index contributed by atoms with van der Waals surface area (Å²) in [6.07, 6.45) is 0. The molecule has 0 fully saturated rings. The van der Waals surface area contributed by atoms with Gasteiger partial charge >= 0.3 is 0 Å². The lowest BCUT2D eigenvalue weighted by molar-refractivity contribution is 0.773. The van der Waals surface area contributed by atoms with E-state index >= 15 is 0 Å². The van der Waals surface area contributed by atoms with Crippen LogP contribution in [0, 0.1) is 6.57 Å². The molecule has 2 N–H and O–H groups in total. The van der Waals surface area contributed by atoms with Gasteiger partial charge in [0.2, 0.25) is 0 Å². The van der Waals surface area contributed by atoms with E-state index in [1.54, 1.807) is 4.68 Å². The van der Waals surface area contributed by atoms with Crippen molar-refractivity contribution in [2.24, 2.45) is 0 Å². The van der Waals surface area contributed by atoms with Gasteiger partial charge in [0.25, 0.3) is 5.82 Å². The first-order valence-electron chi connectivity index (χ1n) is 5.56. The van der Waals surface area contributed by atoms with Crippen molar-refractivity contribution in [2.75, 3.05) is 5.73 Å². The molecule has 0 saturated heterocycles. The first-order valence-corrected chi connectivity index (χ1v) is 6.35. The Morgan fingerprint density at radius 1 is 1.33 bits per heavy atom. The van der Waals surface area contributed by atoms with Crippen LogP contribution in [0.15, 0.2) is 28.7 Å². The van der Waals surface area contributed by atoms with Gasteiger partial charge in [-0.2, -0.15) is 4.68 Å². The highest BCUT2D eigenvalue weighted by atomic mass is 79.9. The maximum absolute atomic E-state index is 7.25. The largest absolute Gasteiger partial charge is 0.404 e. The average molecular weight is 305 g/mol. The number of hydrogen-bond acceptors (Lipinski definition) is 2. The lowest BCUT2D eigenvalue weighted by Gasteiger charge is -1.99. The molecular formula is C13H13BrN4. The second kappa shape index (κ2) is 4.83. The van der Waals surface area contributed by atoms with Crippen molar-refractivity contribution in [3.8, 4) is 5.69 Å². The lowest BCUT2D eigenvalue weighted by atomic mass is 10.1. The molecule has 0 unspecified atom stereocenters. The third kappa shape index (κ3) is 2.12. The fraction of sp³-hybridized carbons (Fsp3) is 0.231. The molecule has 1 aromatic carbocycles. The van der Waals surface area contributed by atoms with Crippen LogP contribution in [0.5, 0.6) is 0 Å². The Bertz CT molecular complexity index is 605. The van der Waals surface area contributed by atoms with Gasteiger partial charge in [-0.15, -0.1) is 0 Å². The minimum atomic E-state index is 0.196. The summed E-state index contributed by atoms with van der Waals surface area (Å²) in [4.78, 5) is 3.49. The number of benzene rings is 1. The van der Waals surface area contributed by atoms with Gasteiger partial charge in [0.05, 0.1) is 11.4 Å². The quantitative estimate of drug-likeness (QED) is 0.856. The van der Waals surface area contributed by atoms with Crippen molar-refractivity contribution >= 4 is 27.4 Å². The van der Waals surface area contributed by atoms with Crippen molar-refractivity contribution in [1.29, 1.82) is 0 Å². The molecule has 0 aliphatic carbocycles. The van der Waals surface area contributed by atoms with E-state index in [1.165, 1.54) is 0 Å². The highest BCUT2D eigenvalue weighted by Crippen LogP contribution is 2.33. The predicted molar refractivity (Wildman–Crippen MR) is 76.0 cm³/mol. The molecule has 0 aliphatic heterocycles. The Hall–Kier alpha value is -1.80. The van der Waals surface area contributed by atoms with E-state index in [-0.39, 0.29) is 5.92 Å². The molecule has 4 nitrogen and oxygen atoms in total. The summed E-state index contributed by atoms with van der Waals surface area (Å²) >= 11 is 3.38. The summed E-state index contributed by atoms with van der Waals surface area (Å²) in [5.74, 6) is 0.572. The fourth-order valence-electron chi connectivity index (χ4n) is 1.73. The second-order valence-corrected chi connectivity index (χ2v) is 5.19. The highest BCUT2D eigenvalue weighted by Gasteiger charge is 2.20. The summed E-state index contributed by atoms with van der Waals surface area (Å²) in [7, 11) is 0. The van der Waals surface area contributed by atoms with Gasteiger partial charge in [-0.3, -0.25) is 0 Å². The maximum Gasteiger partial charge on any atom is 0.280 e. The van der Waals surface area contributed by atoms with Crippen LogP contribution in [0.4, 0.5) is 11.5 Å². The number of rotatable bonds is 2. The van der Waals surface area contributed by atoms with Crippen LogP contribution in [0.3, 0.4) is 0 Å². The monoisotopic (exact) mass is 304 g/mol. The van der Waals surface area contributed by atoms with Gasteiger partial charge in [-0.05, 0) is 24.3 Å². The molecule has 2 aromatic rings. The maximum atomic E-state index is 7.25. The zero-order valence-electron chi connectivity index (χ0n) is 10.2. The van der Waals surface area contributed by atoms with Gasteiger partial charge in [0.15, 0.2) is 0 Å². The fourth-order valence-corrected chi connectivity index (χ4v) is 2.00. The standard InChI is InChI=1S/C13H13BrN4/c1-8(2)12-11(15)13(16-3)18(17-12)10-6-4-9(14)5-7-10/h4-8H,15H2,1-2H3. The van der Waals surface area contributed by atoms with Crippen molar-refractivity contribution in [3.05, 3.63) is 45.8 Å². The van der Waals surface area contributed by atoms with Crippen LogP contribution >= 0.6 is 15.9 Å². The van der Waals surface area contributed by atoms with Crippen LogP contribution in [0.1, 0.15) is 25.5 Å². The molecule has 1 aromatic heterocycles. The molecule has 5 heteroatoms. The summed E-state index contributed by atoms with van der Waals surface area (Å²) in [5, 5.41) is 4.44. The third-order valence-electron chi connectivity index (χ3n) is 2.65. The first-order chi connectivity index (χ1) is 8.54. The van der Waals surface area contributed by atoms with Crippen molar-refractivity contribution in [1.82, 2.24) is 9.78 Å². The Morgan fingerprint density at radius 3 is 2.44 bits per heavy atom. The smallest absolute Gasteiger partial charge is 0.280 e. The topological polar surface area (TPSA) is 48.2 Å². The van der Waals surface area contributed by atoms with Crippen molar-refractivity contribution in [2.45, 2.75) is 19.8 Å². The zero-order valence-corrected chi connectivity index (χ0v) is 11.8. The van der Waals surface area contributed by atoms with Crippen LogP contribution in [0.25, 0.3) is 10.5 Å². The van der Waals surface area contributed by atoms with Crippen molar-refractivity contribution < 1.29 is 0 Å². The van der Waals surface area contributed by atoms with Crippen LogP contribution in [-0.2, 0) is 0 Å². The van der Waals surface area contributed by atoms with E-state index in [2.05, 4.69) is 25.9 Å². The first kappa shape index (κ1) is 12.7. The lowest BCUT2D eigenvalue weighted by Crippen LogP contribution is -1.97. The zero-order chi connectivity index (χ0) is 13.3. The summed E-state index contributed by atoms with van der Waals surface area (Å²) < 4.78 is 2.59. The number of nitrogens with two attached hydrogens (primary N) is 1. The molecule has 1 heterocycles. The highest BCUT2D eigenvalue weighted by molar-refractivity contribution is 9.10. The minimum absolute atomic E-state index is 0.196. The Kier molecular flexibility index (Phi) is 3.39. The predicted octanol–water partition coefficient (Wildman–Crippen LogP) is 3.89.